The number of hydrogen-bond acceptors (Lipinski definition) is 4. The summed E-state index contributed by atoms with van der Waals surface area (Å²) < 4.78 is 0. The van der Waals surface area contributed by atoms with Crippen LogP contribution in [0, 0.1) is 0 Å². The number of aromatic nitrogens is 1. The number of nitrogens with zero attached hydrogens (tertiary/aromatic N) is 3. The minimum atomic E-state index is 0.173. The van der Waals surface area contributed by atoms with Gasteiger partial charge in [0.2, 0.25) is 0 Å². The third-order valence-corrected chi connectivity index (χ3v) is 3.90. The fourth-order valence-corrected chi connectivity index (χ4v) is 2.59. The second-order valence-corrected chi connectivity index (χ2v) is 5.80. The second kappa shape index (κ2) is 12.4. The molecule has 0 aliphatic rings. The Morgan fingerprint density at radius 1 is 0.909 bits per heavy atom. The molecule has 0 aromatic carbocycles. The lowest BCUT2D eigenvalue weighted by atomic mass is 10.2. The number of pyridine rings is 1. The quantitative estimate of drug-likeness (QED) is 0.607. The number of hydrogen-bond donors (Lipinski definition) is 1. The predicted molar refractivity (Wildman–Crippen MR) is 94.4 cm³/mol. The first kappa shape index (κ1) is 18.9. The van der Waals surface area contributed by atoms with E-state index in [0.717, 1.165) is 25.3 Å². The van der Waals surface area contributed by atoms with Crippen LogP contribution in [-0.4, -0.2) is 54.3 Å². The van der Waals surface area contributed by atoms with Crippen LogP contribution in [0.3, 0.4) is 0 Å². The van der Waals surface area contributed by atoms with E-state index in [1.54, 1.807) is 0 Å². The van der Waals surface area contributed by atoms with Gasteiger partial charge in [0, 0.05) is 19.3 Å². The number of aliphatic hydroxyl groups is 1. The molecule has 0 bridgehead atoms. The topological polar surface area (TPSA) is 39.6 Å². The first-order chi connectivity index (χ1) is 10.8. The first-order valence-electron chi connectivity index (χ1n) is 8.81. The molecular weight excluding hydrogens is 274 g/mol. The minimum absolute atomic E-state index is 0.173. The van der Waals surface area contributed by atoms with E-state index in [0.29, 0.717) is 6.54 Å². The molecule has 0 fully saturated rings. The van der Waals surface area contributed by atoms with Crippen molar-refractivity contribution in [1.29, 1.82) is 0 Å². The standard InChI is InChI=1S/C18H33N3O/c1-3-5-12-20(13-6-4-2)14-9-15-21(16-17-22)18-10-7-8-11-19-18/h7-8,10-11,22H,3-6,9,12-17H2,1-2H3. The maximum Gasteiger partial charge on any atom is 0.128 e. The van der Waals surface area contributed by atoms with Crippen LogP contribution >= 0.6 is 0 Å². The van der Waals surface area contributed by atoms with Gasteiger partial charge in [-0.2, -0.15) is 0 Å². The molecular formula is C18H33N3O. The maximum atomic E-state index is 9.26. The highest BCUT2D eigenvalue weighted by Crippen LogP contribution is 2.10. The van der Waals surface area contributed by atoms with E-state index in [2.05, 4.69) is 28.6 Å². The Morgan fingerprint density at radius 2 is 1.59 bits per heavy atom. The first-order valence-corrected chi connectivity index (χ1v) is 8.81. The van der Waals surface area contributed by atoms with Crippen LogP contribution < -0.4 is 4.90 Å². The molecule has 22 heavy (non-hydrogen) atoms. The summed E-state index contributed by atoms with van der Waals surface area (Å²) in [6.07, 6.45) is 8.01. The molecule has 0 aliphatic heterocycles. The molecule has 0 spiro atoms. The molecule has 1 N–H and O–H groups in total. The Hall–Kier alpha value is -1.13. The Bertz CT molecular complexity index is 351. The van der Waals surface area contributed by atoms with Crippen molar-refractivity contribution in [3.8, 4) is 0 Å². The lowest BCUT2D eigenvalue weighted by molar-refractivity contribution is 0.260. The second-order valence-electron chi connectivity index (χ2n) is 5.80. The summed E-state index contributed by atoms with van der Waals surface area (Å²) >= 11 is 0. The van der Waals surface area contributed by atoms with Crippen LogP contribution in [0.25, 0.3) is 0 Å². The van der Waals surface area contributed by atoms with Crippen LogP contribution in [0.2, 0.25) is 0 Å². The van der Waals surface area contributed by atoms with Gasteiger partial charge in [-0.3, -0.25) is 0 Å². The van der Waals surface area contributed by atoms with Crippen LogP contribution in [0.5, 0.6) is 0 Å². The smallest absolute Gasteiger partial charge is 0.128 e. The number of aliphatic hydroxyl groups excluding tert-OH is 1. The molecule has 0 aliphatic carbocycles. The number of rotatable bonds is 13. The van der Waals surface area contributed by atoms with Gasteiger partial charge in [0.05, 0.1) is 6.61 Å². The van der Waals surface area contributed by atoms with E-state index in [9.17, 15) is 5.11 Å². The van der Waals surface area contributed by atoms with Crippen molar-refractivity contribution in [1.82, 2.24) is 9.88 Å². The summed E-state index contributed by atoms with van der Waals surface area (Å²) in [5, 5.41) is 9.26. The Balaban J connectivity index is 2.42. The van der Waals surface area contributed by atoms with E-state index >= 15 is 0 Å². The van der Waals surface area contributed by atoms with Gasteiger partial charge in [0.1, 0.15) is 5.82 Å². The molecule has 0 radical (unpaired) electrons. The third-order valence-electron chi connectivity index (χ3n) is 3.90. The van der Waals surface area contributed by atoms with Crippen LogP contribution in [0.15, 0.2) is 24.4 Å². The molecule has 1 aromatic rings. The van der Waals surface area contributed by atoms with Crippen molar-refractivity contribution in [2.24, 2.45) is 0 Å². The van der Waals surface area contributed by atoms with Crippen LogP contribution in [-0.2, 0) is 0 Å². The molecule has 1 heterocycles. The van der Waals surface area contributed by atoms with Crippen molar-refractivity contribution in [3.63, 3.8) is 0 Å². The van der Waals surface area contributed by atoms with Crippen molar-refractivity contribution >= 4 is 5.82 Å². The largest absolute Gasteiger partial charge is 0.395 e. The van der Waals surface area contributed by atoms with Crippen molar-refractivity contribution in [3.05, 3.63) is 24.4 Å². The van der Waals surface area contributed by atoms with E-state index in [-0.39, 0.29) is 6.61 Å². The predicted octanol–water partition coefficient (Wildman–Crippen LogP) is 3.17. The number of anilines is 1. The Labute approximate surface area is 136 Å². The number of unbranched alkanes of at least 4 members (excludes halogenated alkanes) is 2. The molecule has 1 rings (SSSR count). The molecule has 4 nitrogen and oxygen atoms in total. The van der Waals surface area contributed by atoms with Crippen molar-refractivity contribution in [2.45, 2.75) is 46.0 Å². The fraction of sp³-hybridized carbons (Fsp3) is 0.722. The maximum absolute atomic E-state index is 9.26. The average Bonchev–Trinajstić information content (AvgIpc) is 2.56. The molecule has 0 amide bonds. The van der Waals surface area contributed by atoms with Crippen molar-refractivity contribution < 1.29 is 5.11 Å². The van der Waals surface area contributed by atoms with Gasteiger partial charge in [-0.25, -0.2) is 4.98 Å². The zero-order valence-corrected chi connectivity index (χ0v) is 14.4. The highest BCUT2D eigenvalue weighted by molar-refractivity contribution is 5.37. The summed E-state index contributed by atoms with van der Waals surface area (Å²) in [7, 11) is 0. The van der Waals surface area contributed by atoms with Gasteiger partial charge >= 0.3 is 0 Å². The summed E-state index contributed by atoms with van der Waals surface area (Å²) in [6, 6.07) is 5.95. The van der Waals surface area contributed by atoms with E-state index in [1.165, 1.54) is 38.8 Å². The molecule has 1 aromatic heterocycles. The van der Waals surface area contributed by atoms with Gasteiger partial charge in [-0.1, -0.05) is 32.8 Å². The van der Waals surface area contributed by atoms with Crippen LogP contribution in [0.4, 0.5) is 5.82 Å². The normalized spacial score (nSPS) is 11.1. The van der Waals surface area contributed by atoms with Crippen LogP contribution in [0.1, 0.15) is 46.0 Å². The van der Waals surface area contributed by atoms with E-state index in [4.69, 9.17) is 0 Å². The SMILES string of the molecule is CCCCN(CCCC)CCCN(CCO)c1ccccn1. The monoisotopic (exact) mass is 307 g/mol. The van der Waals surface area contributed by atoms with Gasteiger partial charge < -0.3 is 14.9 Å². The highest BCUT2D eigenvalue weighted by atomic mass is 16.3. The minimum Gasteiger partial charge on any atom is -0.395 e. The van der Waals surface area contributed by atoms with Gasteiger partial charge in [0.15, 0.2) is 0 Å². The summed E-state index contributed by atoms with van der Waals surface area (Å²) in [4.78, 5) is 9.16. The Kier molecular flexibility index (Phi) is 10.7. The lowest BCUT2D eigenvalue weighted by Crippen LogP contribution is -2.33. The van der Waals surface area contributed by atoms with Gasteiger partial charge in [0.25, 0.3) is 0 Å². The summed E-state index contributed by atoms with van der Waals surface area (Å²) in [5.74, 6) is 0.963. The van der Waals surface area contributed by atoms with Gasteiger partial charge in [-0.05, 0) is 51.0 Å². The average molecular weight is 307 g/mol. The zero-order chi connectivity index (χ0) is 16.0. The Morgan fingerprint density at radius 3 is 2.14 bits per heavy atom. The molecule has 0 atom stereocenters. The molecule has 0 saturated carbocycles. The van der Waals surface area contributed by atoms with Gasteiger partial charge in [-0.15, -0.1) is 0 Å². The highest BCUT2D eigenvalue weighted by Gasteiger charge is 2.08. The summed E-state index contributed by atoms with van der Waals surface area (Å²) in [6.45, 7) is 9.83. The third kappa shape index (κ3) is 7.76. The molecule has 126 valence electrons. The summed E-state index contributed by atoms with van der Waals surface area (Å²) in [5.41, 5.74) is 0. The van der Waals surface area contributed by atoms with E-state index < -0.39 is 0 Å². The molecule has 0 unspecified atom stereocenters. The zero-order valence-electron chi connectivity index (χ0n) is 14.4. The molecule has 0 saturated heterocycles. The van der Waals surface area contributed by atoms with Crippen molar-refractivity contribution in [2.75, 3.05) is 44.2 Å². The lowest BCUT2D eigenvalue weighted by Gasteiger charge is -2.26. The molecule has 4 heteroatoms. The fourth-order valence-electron chi connectivity index (χ4n) is 2.59. The van der Waals surface area contributed by atoms with E-state index in [1.807, 2.05) is 24.4 Å².